The molecule has 0 saturated carbocycles. The van der Waals surface area contributed by atoms with Crippen LogP contribution in [0.4, 0.5) is 0 Å². The fraction of sp³-hybridized carbons (Fsp3) is 0.471. The van der Waals surface area contributed by atoms with E-state index < -0.39 is 0 Å². The summed E-state index contributed by atoms with van der Waals surface area (Å²) in [5, 5.41) is 5.72. The van der Waals surface area contributed by atoms with Crippen molar-refractivity contribution in [1.82, 2.24) is 15.2 Å². The van der Waals surface area contributed by atoms with Crippen LogP contribution < -0.4 is 5.32 Å². The van der Waals surface area contributed by atoms with Crippen molar-refractivity contribution < 1.29 is 0 Å². The lowest BCUT2D eigenvalue weighted by molar-refractivity contribution is 0.299. The minimum atomic E-state index is 0.425. The van der Waals surface area contributed by atoms with E-state index in [0.717, 1.165) is 31.7 Å². The summed E-state index contributed by atoms with van der Waals surface area (Å²) in [4.78, 5) is 6.69. The quantitative estimate of drug-likeness (QED) is 0.807. The second-order valence-electron chi connectivity index (χ2n) is 5.53. The first-order valence-corrected chi connectivity index (χ1v) is 8.49. The molecule has 1 N–H and O–H groups in total. The lowest BCUT2D eigenvalue weighted by Gasteiger charge is -2.22. The Balaban J connectivity index is 1.88. The predicted molar refractivity (Wildman–Crippen MR) is 90.7 cm³/mol. The Kier molecular flexibility index (Phi) is 6.36. The topological polar surface area (TPSA) is 28.2 Å². The molecule has 0 spiro atoms. The van der Waals surface area contributed by atoms with Gasteiger partial charge in [0.25, 0.3) is 0 Å². The number of benzene rings is 1. The third-order valence-corrected chi connectivity index (χ3v) is 4.28. The standard InChI is InChI=1S/C17H25N3S/c1-4-18-17(15-7-5-14(2)6-8-15)9-10-20(3)11-16-12-21-13-19-16/h5-8,12-13,17-18H,4,9-11H2,1-3H3. The number of thiazole rings is 1. The van der Waals surface area contributed by atoms with Gasteiger partial charge in [0.15, 0.2) is 0 Å². The number of nitrogens with one attached hydrogen (secondary N) is 1. The van der Waals surface area contributed by atoms with Crippen LogP contribution in [0.5, 0.6) is 0 Å². The fourth-order valence-electron chi connectivity index (χ4n) is 2.45. The maximum Gasteiger partial charge on any atom is 0.0795 e. The smallest absolute Gasteiger partial charge is 0.0795 e. The molecule has 0 fully saturated rings. The van der Waals surface area contributed by atoms with Crippen molar-refractivity contribution in [2.75, 3.05) is 20.1 Å². The lowest BCUT2D eigenvalue weighted by Crippen LogP contribution is -2.27. The number of rotatable bonds is 8. The molecule has 1 aromatic carbocycles. The molecule has 1 heterocycles. The van der Waals surface area contributed by atoms with E-state index in [-0.39, 0.29) is 0 Å². The Bertz CT molecular complexity index is 507. The van der Waals surface area contributed by atoms with E-state index in [2.05, 4.69) is 65.7 Å². The highest BCUT2D eigenvalue weighted by atomic mass is 32.1. The monoisotopic (exact) mass is 303 g/mol. The van der Waals surface area contributed by atoms with Crippen molar-refractivity contribution in [3.05, 3.63) is 52.0 Å². The molecule has 0 bridgehead atoms. The van der Waals surface area contributed by atoms with Crippen LogP contribution in [0.25, 0.3) is 0 Å². The van der Waals surface area contributed by atoms with Gasteiger partial charge in [0.05, 0.1) is 11.2 Å². The van der Waals surface area contributed by atoms with Gasteiger partial charge in [-0.2, -0.15) is 0 Å². The molecule has 1 atom stereocenters. The molecule has 114 valence electrons. The molecule has 4 heteroatoms. The SMILES string of the molecule is CCNC(CCN(C)Cc1cscn1)c1ccc(C)cc1. The van der Waals surface area contributed by atoms with Crippen molar-refractivity contribution in [3.63, 3.8) is 0 Å². The van der Waals surface area contributed by atoms with Crippen molar-refractivity contribution in [3.8, 4) is 0 Å². The average Bonchev–Trinajstić information content (AvgIpc) is 2.97. The zero-order chi connectivity index (χ0) is 15.1. The third-order valence-electron chi connectivity index (χ3n) is 3.65. The molecule has 0 aliphatic rings. The molecular formula is C17H25N3S. The van der Waals surface area contributed by atoms with Gasteiger partial charge in [0, 0.05) is 24.5 Å². The van der Waals surface area contributed by atoms with Gasteiger partial charge in [0.1, 0.15) is 0 Å². The Morgan fingerprint density at radius 1 is 1.29 bits per heavy atom. The average molecular weight is 303 g/mol. The first-order chi connectivity index (χ1) is 10.2. The summed E-state index contributed by atoms with van der Waals surface area (Å²) >= 11 is 1.66. The van der Waals surface area contributed by atoms with E-state index in [1.165, 1.54) is 11.1 Å². The number of hydrogen-bond acceptors (Lipinski definition) is 4. The van der Waals surface area contributed by atoms with Gasteiger partial charge in [-0.05, 0) is 32.5 Å². The van der Waals surface area contributed by atoms with Crippen molar-refractivity contribution in [1.29, 1.82) is 0 Å². The van der Waals surface area contributed by atoms with Crippen molar-refractivity contribution >= 4 is 11.3 Å². The molecule has 1 aromatic heterocycles. The molecule has 3 nitrogen and oxygen atoms in total. The van der Waals surface area contributed by atoms with Crippen LogP contribution in [-0.4, -0.2) is 30.0 Å². The van der Waals surface area contributed by atoms with Gasteiger partial charge in [-0.15, -0.1) is 11.3 Å². The zero-order valence-electron chi connectivity index (χ0n) is 13.2. The van der Waals surface area contributed by atoms with Crippen LogP contribution in [0.2, 0.25) is 0 Å². The van der Waals surface area contributed by atoms with Crippen molar-refractivity contribution in [2.45, 2.75) is 32.9 Å². The maximum atomic E-state index is 4.35. The molecule has 2 rings (SSSR count). The van der Waals surface area contributed by atoms with Crippen molar-refractivity contribution in [2.24, 2.45) is 0 Å². The maximum absolute atomic E-state index is 4.35. The predicted octanol–water partition coefficient (Wildman–Crippen LogP) is 3.62. The van der Waals surface area contributed by atoms with E-state index in [0.29, 0.717) is 6.04 Å². The van der Waals surface area contributed by atoms with Gasteiger partial charge in [-0.25, -0.2) is 4.98 Å². The second-order valence-corrected chi connectivity index (χ2v) is 6.25. The third kappa shape index (κ3) is 5.23. The highest BCUT2D eigenvalue weighted by molar-refractivity contribution is 7.07. The Labute approximate surface area is 132 Å². The summed E-state index contributed by atoms with van der Waals surface area (Å²) in [6, 6.07) is 9.29. The normalized spacial score (nSPS) is 12.8. The Morgan fingerprint density at radius 2 is 2.05 bits per heavy atom. The van der Waals surface area contributed by atoms with Gasteiger partial charge in [0.2, 0.25) is 0 Å². The lowest BCUT2D eigenvalue weighted by atomic mass is 10.0. The Hall–Kier alpha value is -1.23. The summed E-state index contributed by atoms with van der Waals surface area (Å²) in [5.41, 5.74) is 5.76. The molecule has 21 heavy (non-hydrogen) atoms. The molecular weight excluding hydrogens is 278 g/mol. The van der Waals surface area contributed by atoms with Gasteiger partial charge in [-0.3, -0.25) is 0 Å². The van der Waals surface area contributed by atoms with Crippen LogP contribution in [0.3, 0.4) is 0 Å². The van der Waals surface area contributed by atoms with Crippen LogP contribution in [0.15, 0.2) is 35.2 Å². The summed E-state index contributed by atoms with van der Waals surface area (Å²) in [6.07, 6.45) is 1.11. The zero-order valence-corrected chi connectivity index (χ0v) is 14.0. The van der Waals surface area contributed by atoms with E-state index in [4.69, 9.17) is 0 Å². The minimum absolute atomic E-state index is 0.425. The summed E-state index contributed by atoms with van der Waals surface area (Å²) in [7, 11) is 2.16. The summed E-state index contributed by atoms with van der Waals surface area (Å²) in [6.45, 7) is 7.28. The second kappa shape index (κ2) is 8.27. The molecule has 2 aromatic rings. The number of hydrogen-bond donors (Lipinski definition) is 1. The largest absolute Gasteiger partial charge is 0.310 e. The summed E-state index contributed by atoms with van der Waals surface area (Å²) in [5.74, 6) is 0. The number of nitrogens with zero attached hydrogens (tertiary/aromatic N) is 2. The van der Waals surface area contributed by atoms with Crippen LogP contribution in [0, 0.1) is 6.92 Å². The van der Waals surface area contributed by atoms with E-state index in [1.54, 1.807) is 11.3 Å². The minimum Gasteiger partial charge on any atom is -0.310 e. The van der Waals surface area contributed by atoms with E-state index in [1.807, 2.05) is 5.51 Å². The highest BCUT2D eigenvalue weighted by Gasteiger charge is 2.11. The first kappa shape index (κ1) is 16.1. The van der Waals surface area contributed by atoms with Crippen LogP contribution in [-0.2, 0) is 6.54 Å². The fourth-order valence-corrected chi connectivity index (χ4v) is 3.00. The molecule has 0 aliphatic carbocycles. The highest BCUT2D eigenvalue weighted by Crippen LogP contribution is 2.18. The summed E-state index contributed by atoms with van der Waals surface area (Å²) < 4.78 is 0. The number of aryl methyl sites for hydroxylation is 1. The Morgan fingerprint density at radius 3 is 2.67 bits per heavy atom. The molecule has 0 radical (unpaired) electrons. The van der Waals surface area contributed by atoms with Crippen LogP contribution in [0.1, 0.15) is 36.2 Å². The van der Waals surface area contributed by atoms with Gasteiger partial charge >= 0.3 is 0 Å². The molecule has 0 saturated heterocycles. The van der Waals surface area contributed by atoms with E-state index in [9.17, 15) is 0 Å². The van der Waals surface area contributed by atoms with Gasteiger partial charge in [-0.1, -0.05) is 36.8 Å². The van der Waals surface area contributed by atoms with Crippen LogP contribution >= 0.6 is 11.3 Å². The molecule has 0 aliphatic heterocycles. The molecule has 0 amide bonds. The van der Waals surface area contributed by atoms with Gasteiger partial charge < -0.3 is 10.2 Å². The van der Waals surface area contributed by atoms with E-state index >= 15 is 0 Å². The molecule has 1 unspecified atom stereocenters. The first-order valence-electron chi connectivity index (χ1n) is 7.54. The number of aromatic nitrogens is 1.